The smallest absolute Gasteiger partial charge is 0.164 e. The van der Waals surface area contributed by atoms with Crippen LogP contribution in [0.2, 0.25) is 0 Å². The predicted octanol–water partition coefficient (Wildman–Crippen LogP) is 27.8. The third-order valence-electron chi connectivity index (χ3n) is 20.9. The van der Waals surface area contributed by atoms with Crippen LogP contribution in [0.5, 0.6) is 0 Å². The lowest BCUT2D eigenvalue weighted by Crippen LogP contribution is -2.01. The first-order chi connectivity index (χ1) is 54.5. The molecule has 514 valence electrons. The molecule has 4 aromatic heterocycles. The van der Waals surface area contributed by atoms with Crippen molar-refractivity contribution in [3.8, 4) is 168 Å². The monoisotopic (exact) mass is 1440 g/mol. The van der Waals surface area contributed by atoms with Gasteiger partial charge in [-0.2, -0.15) is 0 Å². The molecule has 0 saturated carbocycles. The molecule has 0 aliphatic rings. The summed E-state index contributed by atoms with van der Waals surface area (Å²) in [6.45, 7) is 0. The quantitative estimate of drug-likeness (QED) is 0.102. The van der Waals surface area contributed by atoms with Gasteiger partial charge in [0.15, 0.2) is 34.9 Å². The molecule has 0 atom stereocenters. The Bertz CT molecular complexity index is 6840. The Labute approximate surface area is 645 Å². The van der Waals surface area contributed by atoms with Crippen molar-refractivity contribution in [2.45, 2.75) is 0 Å². The molecule has 0 fully saturated rings. The summed E-state index contributed by atoms with van der Waals surface area (Å²) in [5.41, 5.74) is 26.1. The Morgan fingerprint density at radius 1 is 0.145 bits per heavy atom. The standard InChI is InChI=1S/C102H64N6S2/c1-6-28-65(29-7-1)70-38-24-39-71(60-70)72-40-25-41-73(61-72)79-45-16-17-46-80(79)75-54-58-91-89(63-75)94-87(52-27-53-93(94)109-91)101-105-99(69-36-14-5-15-37-69)104-100(108-101)77-43-26-42-74(62-77)82-56-57-88(102-106-97(67-32-10-3-11-33-67)103-98(107-102)68-34-12-4-13-35-68)95-90-64-76(55-59-92(90)110-96(82)95)81-47-19-21-49-84(81)86-51-23-22-50-85(86)83-48-20-18-44-78(83)66-30-8-2-9-31-66/h1-64H. The fourth-order valence-electron chi connectivity index (χ4n) is 15.6. The maximum absolute atomic E-state index is 5.55. The van der Waals surface area contributed by atoms with Gasteiger partial charge >= 0.3 is 0 Å². The van der Waals surface area contributed by atoms with Crippen molar-refractivity contribution in [2.75, 3.05) is 0 Å². The van der Waals surface area contributed by atoms with E-state index in [1.165, 1.54) is 49.2 Å². The van der Waals surface area contributed by atoms with Gasteiger partial charge in [-0.3, -0.25) is 0 Å². The first kappa shape index (κ1) is 65.5. The van der Waals surface area contributed by atoms with Gasteiger partial charge < -0.3 is 0 Å². The lowest BCUT2D eigenvalue weighted by Gasteiger charge is -2.17. The van der Waals surface area contributed by atoms with Gasteiger partial charge in [0.1, 0.15) is 0 Å². The molecule has 20 rings (SSSR count). The summed E-state index contributed by atoms with van der Waals surface area (Å²) in [6.07, 6.45) is 0. The van der Waals surface area contributed by atoms with Crippen molar-refractivity contribution in [3.63, 3.8) is 0 Å². The molecular weight excluding hydrogens is 1370 g/mol. The highest BCUT2D eigenvalue weighted by Crippen LogP contribution is 2.50. The number of aromatic nitrogens is 6. The Kier molecular flexibility index (Phi) is 16.9. The largest absolute Gasteiger partial charge is 0.208 e. The van der Waals surface area contributed by atoms with Crippen molar-refractivity contribution >= 4 is 63.0 Å². The van der Waals surface area contributed by atoms with Gasteiger partial charge in [0.05, 0.1) is 0 Å². The molecule has 110 heavy (non-hydrogen) atoms. The van der Waals surface area contributed by atoms with E-state index in [4.69, 9.17) is 29.9 Å². The van der Waals surface area contributed by atoms with Gasteiger partial charge in [0, 0.05) is 73.7 Å². The van der Waals surface area contributed by atoms with Crippen LogP contribution in [0.25, 0.3) is 209 Å². The van der Waals surface area contributed by atoms with E-state index in [0.29, 0.717) is 34.9 Å². The second-order valence-corrected chi connectivity index (χ2v) is 29.7. The summed E-state index contributed by atoms with van der Waals surface area (Å²) in [5, 5.41) is 4.41. The summed E-state index contributed by atoms with van der Waals surface area (Å²) in [7, 11) is 0. The molecule has 0 saturated heterocycles. The van der Waals surface area contributed by atoms with Crippen molar-refractivity contribution in [1.29, 1.82) is 0 Å². The van der Waals surface area contributed by atoms with Crippen LogP contribution < -0.4 is 0 Å². The summed E-state index contributed by atoms with van der Waals surface area (Å²) in [4.78, 5) is 32.3. The molecular formula is C102H64N6S2. The van der Waals surface area contributed by atoms with Crippen LogP contribution in [0.4, 0.5) is 0 Å². The number of nitrogens with zero attached hydrogens (tertiary/aromatic N) is 6. The van der Waals surface area contributed by atoms with Gasteiger partial charge in [-0.25, -0.2) is 29.9 Å². The van der Waals surface area contributed by atoms with Crippen LogP contribution in [0.15, 0.2) is 388 Å². The Balaban J connectivity index is 0.725. The topological polar surface area (TPSA) is 77.3 Å². The fourth-order valence-corrected chi connectivity index (χ4v) is 18.0. The summed E-state index contributed by atoms with van der Waals surface area (Å²) in [5.74, 6) is 3.54. The van der Waals surface area contributed by atoms with Gasteiger partial charge in [-0.1, -0.05) is 334 Å². The first-order valence-electron chi connectivity index (χ1n) is 37.0. The molecule has 0 amide bonds. The zero-order valence-electron chi connectivity index (χ0n) is 59.5. The molecule has 8 heteroatoms. The van der Waals surface area contributed by atoms with Crippen LogP contribution >= 0.6 is 22.7 Å². The van der Waals surface area contributed by atoms with Gasteiger partial charge in [-0.05, 0) is 155 Å². The number of benzene rings is 16. The van der Waals surface area contributed by atoms with Crippen LogP contribution in [0, 0.1) is 0 Å². The Morgan fingerprint density at radius 2 is 0.436 bits per heavy atom. The second kappa shape index (κ2) is 28.4. The normalized spacial score (nSPS) is 11.5. The SMILES string of the molecule is c1ccc(-c2cccc(-c3cccc(-c4ccccc4-c4ccc5sc6cccc(-c7nc(-c8ccccc8)nc(-c8cccc(-c9ccc(-c%10nc(-c%11ccccc%11)nc(-c%11ccccc%11)n%10)c%10c9sc9ccc(-c%11ccccc%11-c%11ccccc%11-c%11ccccc%11-c%11ccccc%11)cc9%10)c8)n7)c6c5c4)c3)c2)cc1. The van der Waals surface area contributed by atoms with Crippen molar-refractivity contribution in [1.82, 2.24) is 29.9 Å². The highest BCUT2D eigenvalue weighted by atomic mass is 32.1. The molecule has 0 N–H and O–H groups in total. The highest BCUT2D eigenvalue weighted by Gasteiger charge is 2.25. The molecule has 4 heterocycles. The van der Waals surface area contributed by atoms with E-state index in [-0.39, 0.29) is 0 Å². The lowest BCUT2D eigenvalue weighted by atomic mass is 9.86. The predicted molar refractivity (Wildman–Crippen MR) is 461 cm³/mol. The summed E-state index contributed by atoms with van der Waals surface area (Å²) < 4.78 is 4.58. The maximum atomic E-state index is 5.55. The third kappa shape index (κ3) is 12.3. The molecule has 20 aromatic rings. The Morgan fingerprint density at radius 3 is 0.936 bits per heavy atom. The van der Waals surface area contributed by atoms with Crippen molar-refractivity contribution in [2.24, 2.45) is 0 Å². The maximum Gasteiger partial charge on any atom is 0.164 e. The van der Waals surface area contributed by atoms with E-state index in [0.717, 1.165) is 125 Å². The summed E-state index contributed by atoms with van der Waals surface area (Å²) in [6, 6.07) is 139. The molecule has 0 bridgehead atoms. The van der Waals surface area contributed by atoms with Crippen molar-refractivity contribution < 1.29 is 0 Å². The van der Waals surface area contributed by atoms with Crippen LogP contribution in [0.1, 0.15) is 0 Å². The summed E-state index contributed by atoms with van der Waals surface area (Å²) >= 11 is 3.58. The second-order valence-electron chi connectivity index (χ2n) is 27.5. The number of hydrogen-bond acceptors (Lipinski definition) is 8. The lowest BCUT2D eigenvalue weighted by molar-refractivity contribution is 1.08. The van der Waals surface area contributed by atoms with E-state index >= 15 is 0 Å². The van der Waals surface area contributed by atoms with Crippen LogP contribution in [0.3, 0.4) is 0 Å². The zero-order chi connectivity index (χ0) is 72.9. The van der Waals surface area contributed by atoms with Crippen LogP contribution in [-0.4, -0.2) is 29.9 Å². The zero-order valence-corrected chi connectivity index (χ0v) is 61.1. The molecule has 6 nitrogen and oxygen atoms in total. The Hall–Kier alpha value is -14.0. The van der Waals surface area contributed by atoms with E-state index in [1.807, 2.05) is 54.6 Å². The molecule has 0 radical (unpaired) electrons. The highest BCUT2D eigenvalue weighted by molar-refractivity contribution is 7.26. The van der Waals surface area contributed by atoms with Crippen molar-refractivity contribution in [3.05, 3.63) is 388 Å². The average molecular weight is 1440 g/mol. The molecule has 0 spiro atoms. The van der Waals surface area contributed by atoms with Crippen LogP contribution in [-0.2, 0) is 0 Å². The molecule has 16 aromatic carbocycles. The van der Waals surface area contributed by atoms with E-state index < -0.39 is 0 Å². The van der Waals surface area contributed by atoms with E-state index in [9.17, 15) is 0 Å². The minimum Gasteiger partial charge on any atom is -0.208 e. The van der Waals surface area contributed by atoms with E-state index in [1.54, 1.807) is 22.7 Å². The molecule has 0 aliphatic heterocycles. The molecule has 0 unspecified atom stereocenters. The number of rotatable bonds is 15. The minimum absolute atomic E-state index is 0.570. The van der Waals surface area contributed by atoms with E-state index in [2.05, 4.69) is 334 Å². The number of hydrogen-bond donors (Lipinski definition) is 0. The third-order valence-corrected chi connectivity index (χ3v) is 23.2. The minimum atomic E-state index is 0.570. The number of thiophene rings is 2. The number of fused-ring (bicyclic) bond motifs is 6. The van der Waals surface area contributed by atoms with Gasteiger partial charge in [-0.15, -0.1) is 22.7 Å². The first-order valence-corrected chi connectivity index (χ1v) is 38.6. The molecule has 0 aliphatic carbocycles. The fraction of sp³-hybridized carbons (Fsp3) is 0. The van der Waals surface area contributed by atoms with Gasteiger partial charge in [0.25, 0.3) is 0 Å². The average Bonchev–Trinajstić information content (AvgIpc) is 1.59. The van der Waals surface area contributed by atoms with Gasteiger partial charge in [0.2, 0.25) is 0 Å².